The summed E-state index contributed by atoms with van der Waals surface area (Å²) in [6.45, 7) is -1.94. The minimum Gasteiger partial charge on any atom is -0.481 e. The quantitative estimate of drug-likeness (QED) is 0.119. The summed E-state index contributed by atoms with van der Waals surface area (Å²) in [4.78, 5) is 68.4. The van der Waals surface area contributed by atoms with Crippen molar-refractivity contribution in [3.8, 4) is 0 Å². The van der Waals surface area contributed by atoms with Crippen LogP contribution >= 0.6 is 12.6 Å². The lowest BCUT2D eigenvalue weighted by Gasteiger charge is -2.27. The van der Waals surface area contributed by atoms with Gasteiger partial charge in [0.15, 0.2) is 5.92 Å². The number of carbonyl (C=O) groups excluding carboxylic acids is 2. The zero-order chi connectivity index (χ0) is 22.0. The second-order valence-corrected chi connectivity index (χ2v) is 5.99. The van der Waals surface area contributed by atoms with Crippen molar-refractivity contribution in [2.75, 3.05) is 18.8 Å². The third-order valence-electron chi connectivity index (χ3n) is 3.45. The van der Waals surface area contributed by atoms with Crippen LogP contribution in [0.4, 0.5) is 0 Å². The van der Waals surface area contributed by atoms with Crippen LogP contribution in [-0.4, -0.2) is 91.9 Å². The third kappa shape index (κ3) is 8.68. The van der Waals surface area contributed by atoms with Gasteiger partial charge in [-0.25, -0.2) is 0 Å². The van der Waals surface area contributed by atoms with E-state index < -0.39 is 66.8 Å². The van der Waals surface area contributed by atoms with E-state index in [4.69, 9.17) is 26.2 Å². The highest BCUT2D eigenvalue weighted by atomic mass is 32.1. The number of carboxylic acids is 4. The Hall–Kier alpha value is -2.87. The molecular weight excluding hydrogens is 402 g/mol. The van der Waals surface area contributed by atoms with Crippen LogP contribution in [0.3, 0.4) is 0 Å². The van der Waals surface area contributed by atoms with Gasteiger partial charge in [-0.05, 0) is 6.42 Å². The van der Waals surface area contributed by atoms with Crippen LogP contribution in [0, 0.1) is 5.92 Å². The highest BCUT2D eigenvalue weighted by Crippen LogP contribution is 2.07. The SMILES string of the molecule is NC(CCC(=O)NC(CS)C(=O)N(CC(=O)O)CC(C(=O)O)C(=O)O)C(=O)O. The number of hydrogen-bond acceptors (Lipinski definition) is 8. The lowest BCUT2D eigenvalue weighted by Crippen LogP contribution is -2.53. The number of thiol groups is 1. The Morgan fingerprint density at radius 1 is 0.964 bits per heavy atom. The highest BCUT2D eigenvalue weighted by molar-refractivity contribution is 7.80. The monoisotopic (exact) mass is 423 g/mol. The number of rotatable bonds is 13. The van der Waals surface area contributed by atoms with E-state index in [9.17, 15) is 28.8 Å². The molecule has 0 radical (unpaired) electrons. The van der Waals surface area contributed by atoms with E-state index in [1.807, 2.05) is 0 Å². The maximum atomic E-state index is 12.5. The predicted molar refractivity (Wildman–Crippen MR) is 93.6 cm³/mol. The lowest BCUT2D eigenvalue weighted by atomic mass is 10.1. The molecule has 0 bridgehead atoms. The van der Waals surface area contributed by atoms with Crippen LogP contribution in [0.15, 0.2) is 0 Å². The van der Waals surface area contributed by atoms with Gasteiger partial charge < -0.3 is 36.4 Å². The summed E-state index contributed by atoms with van der Waals surface area (Å²) in [6, 6.07) is -2.69. The molecule has 28 heavy (non-hydrogen) atoms. The average Bonchev–Trinajstić information content (AvgIpc) is 2.59. The minimum atomic E-state index is -2.08. The second kappa shape index (κ2) is 11.8. The molecule has 0 saturated heterocycles. The summed E-state index contributed by atoms with van der Waals surface area (Å²) in [7, 11) is 0. The number of amides is 2. The predicted octanol–water partition coefficient (Wildman–Crippen LogP) is -2.71. The fourth-order valence-corrected chi connectivity index (χ4v) is 2.21. The summed E-state index contributed by atoms with van der Waals surface area (Å²) in [5, 5.41) is 37.6. The van der Waals surface area contributed by atoms with Crippen molar-refractivity contribution in [1.29, 1.82) is 0 Å². The number of hydrogen-bond donors (Lipinski definition) is 7. The molecule has 2 amide bonds. The zero-order valence-electron chi connectivity index (χ0n) is 14.5. The zero-order valence-corrected chi connectivity index (χ0v) is 15.4. The molecule has 0 aliphatic carbocycles. The van der Waals surface area contributed by atoms with Gasteiger partial charge in [-0.2, -0.15) is 12.6 Å². The first-order valence-corrected chi connectivity index (χ1v) is 8.38. The van der Waals surface area contributed by atoms with E-state index in [2.05, 4.69) is 17.9 Å². The molecule has 7 N–H and O–H groups in total. The van der Waals surface area contributed by atoms with Gasteiger partial charge in [-0.1, -0.05) is 0 Å². The van der Waals surface area contributed by atoms with Crippen LogP contribution in [0.2, 0.25) is 0 Å². The van der Waals surface area contributed by atoms with Crippen LogP contribution in [0.1, 0.15) is 12.8 Å². The third-order valence-corrected chi connectivity index (χ3v) is 3.82. The minimum absolute atomic E-state index is 0.229. The van der Waals surface area contributed by atoms with E-state index in [0.717, 1.165) is 0 Å². The van der Waals surface area contributed by atoms with Crippen molar-refractivity contribution >= 4 is 48.3 Å². The number of carbonyl (C=O) groups is 6. The molecule has 0 spiro atoms. The Kier molecular flexibility index (Phi) is 10.6. The van der Waals surface area contributed by atoms with Crippen molar-refractivity contribution in [2.45, 2.75) is 24.9 Å². The lowest BCUT2D eigenvalue weighted by molar-refractivity contribution is -0.158. The van der Waals surface area contributed by atoms with Gasteiger partial charge in [-0.15, -0.1) is 0 Å². The highest BCUT2D eigenvalue weighted by Gasteiger charge is 2.34. The first kappa shape index (κ1) is 25.1. The maximum Gasteiger partial charge on any atom is 0.323 e. The topological polar surface area (TPSA) is 225 Å². The van der Waals surface area contributed by atoms with E-state index in [1.165, 1.54) is 0 Å². The summed E-state index contributed by atoms with van der Waals surface area (Å²) in [6.07, 6.45) is -0.579. The van der Waals surface area contributed by atoms with Crippen molar-refractivity contribution < 1.29 is 49.2 Å². The van der Waals surface area contributed by atoms with Crippen LogP contribution in [-0.2, 0) is 28.8 Å². The molecule has 0 saturated carbocycles. The van der Waals surface area contributed by atoms with Gasteiger partial charge >= 0.3 is 23.9 Å². The van der Waals surface area contributed by atoms with Crippen molar-refractivity contribution in [3.63, 3.8) is 0 Å². The summed E-state index contributed by atoms with van der Waals surface area (Å²) < 4.78 is 0. The molecule has 0 heterocycles. The summed E-state index contributed by atoms with van der Waals surface area (Å²) in [5.74, 6) is -10.6. The molecule has 0 aliphatic heterocycles. The largest absolute Gasteiger partial charge is 0.481 e. The fourth-order valence-electron chi connectivity index (χ4n) is 1.96. The average molecular weight is 423 g/mol. The maximum absolute atomic E-state index is 12.5. The van der Waals surface area contributed by atoms with E-state index in [0.29, 0.717) is 4.90 Å². The van der Waals surface area contributed by atoms with Crippen LogP contribution in [0.25, 0.3) is 0 Å². The number of nitrogens with one attached hydrogen (secondary N) is 1. The standard InChI is InChI=1S/C14H21N3O10S/c15-7(14(26)27)1-2-9(18)16-8(5-28)11(21)17(4-10(19)20)3-6(12(22)23)13(24)25/h6-8,28H,1-5,15H2,(H,16,18)(H,19,20)(H,22,23)(H,24,25)(H,26,27). The van der Waals surface area contributed by atoms with Gasteiger partial charge in [0.1, 0.15) is 18.6 Å². The van der Waals surface area contributed by atoms with E-state index in [1.54, 1.807) is 0 Å². The molecule has 0 aromatic carbocycles. The molecule has 158 valence electrons. The van der Waals surface area contributed by atoms with Gasteiger partial charge in [0, 0.05) is 18.7 Å². The molecule has 0 aromatic rings. The Labute approximate surface area is 163 Å². The molecular formula is C14H21N3O10S. The van der Waals surface area contributed by atoms with E-state index in [-0.39, 0.29) is 18.6 Å². The Morgan fingerprint density at radius 3 is 1.89 bits per heavy atom. The van der Waals surface area contributed by atoms with Crippen LogP contribution < -0.4 is 11.1 Å². The molecule has 0 aromatic heterocycles. The normalized spacial score (nSPS) is 12.7. The molecule has 2 atom stereocenters. The second-order valence-electron chi connectivity index (χ2n) is 5.63. The molecule has 0 rings (SSSR count). The van der Waals surface area contributed by atoms with Crippen molar-refractivity contribution in [1.82, 2.24) is 10.2 Å². The number of nitrogens with two attached hydrogens (primary N) is 1. The Morgan fingerprint density at radius 2 is 1.50 bits per heavy atom. The Balaban J connectivity index is 5.21. The summed E-state index contributed by atoms with van der Waals surface area (Å²) >= 11 is 3.87. The molecule has 2 unspecified atom stereocenters. The number of aliphatic carboxylic acids is 4. The van der Waals surface area contributed by atoms with Gasteiger partial charge in [-0.3, -0.25) is 28.8 Å². The fraction of sp³-hybridized carbons (Fsp3) is 0.571. The molecule has 0 fully saturated rings. The molecule has 13 nitrogen and oxygen atoms in total. The van der Waals surface area contributed by atoms with Crippen molar-refractivity contribution in [2.24, 2.45) is 11.7 Å². The van der Waals surface area contributed by atoms with Gasteiger partial charge in [0.05, 0.1) is 0 Å². The number of carboxylic acid groups (broad SMARTS) is 4. The van der Waals surface area contributed by atoms with Crippen molar-refractivity contribution in [3.05, 3.63) is 0 Å². The first-order valence-electron chi connectivity index (χ1n) is 7.75. The van der Waals surface area contributed by atoms with Gasteiger partial charge in [0.2, 0.25) is 11.8 Å². The van der Waals surface area contributed by atoms with Gasteiger partial charge in [0.25, 0.3) is 0 Å². The van der Waals surface area contributed by atoms with Crippen LogP contribution in [0.5, 0.6) is 0 Å². The smallest absolute Gasteiger partial charge is 0.323 e. The number of nitrogens with zero attached hydrogens (tertiary/aromatic N) is 1. The first-order chi connectivity index (χ1) is 12.9. The summed E-state index contributed by atoms with van der Waals surface area (Å²) in [5.41, 5.74) is 5.26. The van der Waals surface area contributed by atoms with E-state index >= 15 is 0 Å². The Bertz CT molecular complexity index is 627. The molecule has 0 aliphatic rings. The molecule has 14 heteroatoms.